The number of hydrogen-bond acceptors (Lipinski definition) is 4. The fourth-order valence-electron chi connectivity index (χ4n) is 3.90. The van der Waals surface area contributed by atoms with Crippen LogP contribution in [0.2, 0.25) is 0 Å². The van der Waals surface area contributed by atoms with E-state index >= 15 is 0 Å². The van der Waals surface area contributed by atoms with Gasteiger partial charge in [0.2, 0.25) is 0 Å². The number of amides is 1. The van der Waals surface area contributed by atoms with Crippen LogP contribution in [0.4, 0.5) is 0 Å². The van der Waals surface area contributed by atoms with Crippen molar-refractivity contribution in [2.75, 3.05) is 27.3 Å². The van der Waals surface area contributed by atoms with Gasteiger partial charge >= 0.3 is 0 Å². The lowest BCUT2D eigenvalue weighted by Crippen LogP contribution is -2.37. The summed E-state index contributed by atoms with van der Waals surface area (Å²) >= 11 is 0. The first-order valence-corrected chi connectivity index (χ1v) is 9.90. The molecule has 1 amide bonds. The van der Waals surface area contributed by atoms with Crippen molar-refractivity contribution in [1.82, 2.24) is 10.6 Å². The number of fused-ring (bicyclic) bond motifs is 1. The van der Waals surface area contributed by atoms with Crippen molar-refractivity contribution >= 4 is 29.1 Å². The summed E-state index contributed by atoms with van der Waals surface area (Å²) in [6.45, 7) is 1.35. The zero-order valence-electron chi connectivity index (χ0n) is 16.8. The van der Waals surface area contributed by atoms with E-state index in [9.17, 15) is 4.79 Å². The smallest absolute Gasteiger partial charge is 0.258 e. The summed E-state index contributed by atoms with van der Waals surface area (Å²) in [5.74, 6) is 0.913. The predicted molar refractivity (Wildman–Crippen MR) is 116 cm³/mol. The number of benzene rings is 2. The van der Waals surface area contributed by atoms with Crippen molar-refractivity contribution in [3.05, 3.63) is 35.9 Å². The normalized spacial score (nSPS) is 14.8. The Morgan fingerprint density at radius 1 is 1.04 bits per heavy atom. The van der Waals surface area contributed by atoms with Crippen LogP contribution in [0.25, 0.3) is 10.8 Å². The van der Waals surface area contributed by atoms with Gasteiger partial charge in [-0.15, -0.1) is 12.4 Å². The lowest BCUT2D eigenvalue weighted by Gasteiger charge is -2.18. The zero-order chi connectivity index (χ0) is 19.1. The van der Waals surface area contributed by atoms with Crippen molar-refractivity contribution in [3.8, 4) is 11.5 Å². The van der Waals surface area contributed by atoms with Crippen LogP contribution < -0.4 is 20.1 Å². The quantitative estimate of drug-likeness (QED) is 0.531. The van der Waals surface area contributed by atoms with E-state index in [1.54, 1.807) is 14.2 Å². The number of carbonyl (C=O) groups is 1. The average molecular weight is 407 g/mol. The highest BCUT2D eigenvalue weighted by Crippen LogP contribution is 2.36. The maximum absolute atomic E-state index is 12.9. The second-order valence-electron chi connectivity index (χ2n) is 7.11. The molecule has 2 N–H and O–H groups in total. The first-order chi connectivity index (χ1) is 13.2. The number of methoxy groups -OCH3 is 2. The van der Waals surface area contributed by atoms with Gasteiger partial charge in [0.25, 0.3) is 5.91 Å². The second-order valence-corrected chi connectivity index (χ2v) is 7.11. The molecular weight excluding hydrogens is 376 g/mol. The molecule has 3 rings (SSSR count). The molecule has 0 bridgehead atoms. The van der Waals surface area contributed by atoms with Gasteiger partial charge in [-0.05, 0) is 24.3 Å². The number of ether oxygens (including phenoxy) is 2. The summed E-state index contributed by atoms with van der Waals surface area (Å²) in [5, 5.41) is 8.47. The lowest BCUT2D eigenvalue weighted by molar-refractivity contribution is 0.0947. The summed E-state index contributed by atoms with van der Waals surface area (Å²) in [5.41, 5.74) is 0.452. The molecule has 0 aromatic heterocycles. The van der Waals surface area contributed by atoms with Crippen molar-refractivity contribution in [3.63, 3.8) is 0 Å². The molecule has 0 atom stereocenters. The van der Waals surface area contributed by atoms with Crippen molar-refractivity contribution in [2.24, 2.45) is 0 Å². The fraction of sp³-hybridized carbons (Fsp3) is 0.500. The molecule has 5 nitrogen and oxygen atoms in total. The number of nitrogens with one attached hydrogen (secondary N) is 2. The topological polar surface area (TPSA) is 59.6 Å². The first-order valence-electron chi connectivity index (χ1n) is 9.90. The number of hydrogen-bond donors (Lipinski definition) is 2. The molecule has 0 radical (unpaired) electrons. The van der Waals surface area contributed by atoms with Crippen molar-refractivity contribution in [2.45, 2.75) is 44.6 Å². The van der Waals surface area contributed by atoms with Gasteiger partial charge in [-0.1, -0.05) is 49.9 Å². The summed E-state index contributed by atoms with van der Waals surface area (Å²) < 4.78 is 11.1. The van der Waals surface area contributed by atoms with Gasteiger partial charge in [-0.2, -0.15) is 0 Å². The summed E-state index contributed by atoms with van der Waals surface area (Å²) in [7, 11) is 3.17. The Bertz CT molecular complexity index is 774. The SMILES string of the molecule is COc1cc2ccccc2c(OC)c1C(=O)NCCNC1CCCCCC1.Cl. The van der Waals surface area contributed by atoms with E-state index in [1.165, 1.54) is 38.5 Å². The van der Waals surface area contributed by atoms with Crippen LogP contribution in [0.3, 0.4) is 0 Å². The second kappa shape index (κ2) is 11.1. The summed E-state index contributed by atoms with van der Waals surface area (Å²) in [6, 6.07) is 10.3. The molecule has 0 spiro atoms. The monoisotopic (exact) mass is 406 g/mol. The van der Waals surface area contributed by atoms with Crippen LogP contribution in [0.15, 0.2) is 30.3 Å². The van der Waals surface area contributed by atoms with Crippen LogP contribution in [-0.4, -0.2) is 39.3 Å². The highest BCUT2D eigenvalue weighted by Gasteiger charge is 2.21. The van der Waals surface area contributed by atoms with E-state index in [0.717, 1.165) is 17.3 Å². The van der Waals surface area contributed by atoms with Gasteiger partial charge in [0.15, 0.2) is 0 Å². The van der Waals surface area contributed by atoms with E-state index in [0.29, 0.717) is 29.6 Å². The molecule has 0 unspecified atom stereocenters. The van der Waals surface area contributed by atoms with Crippen molar-refractivity contribution < 1.29 is 14.3 Å². The average Bonchev–Trinajstić information content (AvgIpc) is 2.98. The number of halogens is 1. The van der Waals surface area contributed by atoms with Gasteiger partial charge in [0, 0.05) is 24.5 Å². The van der Waals surface area contributed by atoms with Gasteiger partial charge in [-0.25, -0.2) is 0 Å². The molecule has 0 heterocycles. The minimum absolute atomic E-state index is 0. The molecule has 28 heavy (non-hydrogen) atoms. The van der Waals surface area contributed by atoms with Crippen LogP contribution >= 0.6 is 12.4 Å². The molecule has 154 valence electrons. The van der Waals surface area contributed by atoms with E-state index in [-0.39, 0.29) is 18.3 Å². The Labute approximate surface area is 173 Å². The highest BCUT2D eigenvalue weighted by molar-refractivity contribution is 6.06. The molecule has 1 aliphatic carbocycles. The number of carbonyl (C=O) groups excluding carboxylic acids is 1. The molecule has 1 fully saturated rings. The predicted octanol–water partition coefficient (Wildman–Crippen LogP) is 4.32. The number of rotatable bonds is 7. The molecular formula is C22H31ClN2O3. The maximum atomic E-state index is 12.9. The van der Waals surface area contributed by atoms with E-state index < -0.39 is 0 Å². The molecule has 2 aromatic carbocycles. The fourth-order valence-corrected chi connectivity index (χ4v) is 3.90. The highest BCUT2D eigenvalue weighted by atomic mass is 35.5. The van der Waals surface area contributed by atoms with Crippen molar-refractivity contribution in [1.29, 1.82) is 0 Å². The van der Waals surface area contributed by atoms with E-state index in [4.69, 9.17) is 9.47 Å². The molecule has 0 saturated heterocycles. The minimum Gasteiger partial charge on any atom is -0.496 e. The Kier molecular flexibility index (Phi) is 8.87. The molecule has 1 saturated carbocycles. The minimum atomic E-state index is -0.169. The van der Waals surface area contributed by atoms with Crippen LogP contribution in [0.1, 0.15) is 48.9 Å². The third-order valence-electron chi connectivity index (χ3n) is 5.32. The lowest BCUT2D eigenvalue weighted by atomic mass is 10.0. The van der Waals surface area contributed by atoms with Crippen LogP contribution in [-0.2, 0) is 0 Å². The third kappa shape index (κ3) is 5.30. The van der Waals surface area contributed by atoms with Gasteiger partial charge in [0.1, 0.15) is 17.1 Å². The van der Waals surface area contributed by atoms with Crippen LogP contribution in [0, 0.1) is 0 Å². The summed E-state index contributed by atoms with van der Waals surface area (Å²) in [6.07, 6.45) is 7.76. The van der Waals surface area contributed by atoms with E-state index in [1.807, 2.05) is 30.3 Å². The van der Waals surface area contributed by atoms with Gasteiger partial charge in [-0.3, -0.25) is 4.79 Å². The Hall–Kier alpha value is -1.98. The van der Waals surface area contributed by atoms with Crippen LogP contribution in [0.5, 0.6) is 11.5 Å². The Balaban J connectivity index is 0.00000280. The first kappa shape index (κ1) is 22.3. The standard InChI is InChI=1S/C22H30N2O3.ClH/c1-26-19-15-16-9-7-8-12-18(16)21(27-2)20(19)22(25)24-14-13-23-17-10-5-3-4-6-11-17;/h7-9,12,15,17,23H,3-6,10-11,13-14H2,1-2H3,(H,24,25);1H. The zero-order valence-corrected chi connectivity index (χ0v) is 17.6. The third-order valence-corrected chi connectivity index (χ3v) is 5.32. The van der Waals surface area contributed by atoms with Gasteiger partial charge in [0.05, 0.1) is 14.2 Å². The molecule has 0 aliphatic heterocycles. The molecule has 6 heteroatoms. The van der Waals surface area contributed by atoms with Gasteiger partial charge < -0.3 is 20.1 Å². The Morgan fingerprint density at radius 2 is 1.75 bits per heavy atom. The Morgan fingerprint density at radius 3 is 2.43 bits per heavy atom. The molecule has 1 aliphatic rings. The maximum Gasteiger partial charge on any atom is 0.258 e. The molecule has 2 aromatic rings. The van der Waals surface area contributed by atoms with E-state index in [2.05, 4.69) is 10.6 Å². The summed E-state index contributed by atoms with van der Waals surface area (Å²) in [4.78, 5) is 12.9. The largest absolute Gasteiger partial charge is 0.496 e.